The van der Waals surface area contributed by atoms with Gasteiger partial charge in [-0.25, -0.2) is 8.78 Å². The van der Waals surface area contributed by atoms with Crippen molar-refractivity contribution in [3.63, 3.8) is 0 Å². The predicted octanol–water partition coefficient (Wildman–Crippen LogP) is 5.57. The largest absolute Gasteiger partial charge is 0.494 e. The zero-order valence-corrected chi connectivity index (χ0v) is 22.3. The lowest BCUT2D eigenvalue weighted by atomic mass is 10.0. The third-order valence-corrected chi connectivity index (χ3v) is 7.24. The van der Waals surface area contributed by atoms with Crippen molar-refractivity contribution in [1.82, 2.24) is 4.90 Å². The average Bonchev–Trinajstić information content (AvgIpc) is 2.97. The summed E-state index contributed by atoms with van der Waals surface area (Å²) < 4.78 is 45.0. The highest BCUT2D eigenvalue weighted by atomic mass is 32.2. The fraction of sp³-hybridized carbons (Fsp3) is 0.286. The molecular formula is C28H28F2N2O5S. The van der Waals surface area contributed by atoms with E-state index in [1.54, 1.807) is 29.2 Å². The van der Waals surface area contributed by atoms with Gasteiger partial charge >= 0.3 is 5.97 Å². The maximum Gasteiger partial charge on any atom is 0.304 e. The highest BCUT2D eigenvalue weighted by molar-refractivity contribution is 8.00. The van der Waals surface area contributed by atoms with Crippen molar-refractivity contribution < 1.29 is 32.6 Å². The van der Waals surface area contributed by atoms with Crippen LogP contribution in [0.1, 0.15) is 18.9 Å². The van der Waals surface area contributed by atoms with E-state index >= 15 is 0 Å². The number of hydrogen-bond donors (Lipinski definition) is 0. The van der Waals surface area contributed by atoms with Crippen molar-refractivity contribution in [2.45, 2.75) is 23.2 Å². The molecule has 7 nitrogen and oxygen atoms in total. The van der Waals surface area contributed by atoms with E-state index < -0.39 is 16.7 Å². The second-order valence-corrected chi connectivity index (χ2v) is 10.3. The summed E-state index contributed by atoms with van der Waals surface area (Å²) >= 11 is 1.13. The summed E-state index contributed by atoms with van der Waals surface area (Å²) in [4.78, 5) is 28.6. The molecule has 0 aliphatic carbocycles. The molecule has 0 aromatic heterocycles. The summed E-state index contributed by atoms with van der Waals surface area (Å²) in [5.74, 6) is -1.06. The van der Waals surface area contributed by atoms with Gasteiger partial charge in [-0.2, -0.15) is 0 Å². The summed E-state index contributed by atoms with van der Waals surface area (Å²) in [5, 5.41) is 0. The van der Waals surface area contributed by atoms with Gasteiger partial charge in [0.05, 0.1) is 19.2 Å². The van der Waals surface area contributed by atoms with Crippen molar-refractivity contribution in [2.75, 3.05) is 39.2 Å². The molecule has 10 heteroatoms. The van der Waals surface area contributed by atoms with Gasteiger partial charge in [0.1, 0.15) is 17.3 Å². The number of amides is 1. The summed E-state index contributed by atoms with van der Waals surface area (Å²) in [5.41, 5.74) is 0.908. The number of carbonyl (C=O) groups excluding carboxylic acids is 2. The van der Waals surface area contributed by atoms with Crippen LogP contribution in [0.25, 0.3) is 0 Å². The Morgan fingerprint density at radius 3 is 2.39 bits per heavy atom. The number of rotatable bonds is 8. The second kappa shape index (κ2) is 11.4. The monoisotopic (exact) mass is 542 g/mol. The molecule has 1 aliphatic heterocycles. The van der Waals surface area contributed by atoms with Crippen LogP contribution in [0.15, 0.2) is 65.6 Å². The Morgan fingerprint density at radius 1 is 1.05 bits per heavy atom. The highest BCUT2D eigenvalue weighted by Gasteiger charge is 2.45. The third kappa shape index (κ3) is 6.08. The normalized spacial score (nSPS) is 17.1. The molecule has 0 saturated heterocycles. The number of anilines is 1. The number of hydrogen-bond acceptors (Lipinski definition) is 7. The average molecular weight is 543 g/mol. The van der Waals surface area contributed by atoms with Gasteiger partial charge in [0, 0.05) is 30.5 Å². The molecule has 1 heterocycles. The fourth-order valence-electron chi connectivity index (χ4n) is 4.10. The lowest BCUT2D eigenvalue weighted by Gasteiger charge is -2.31. The highest BCUT2D eigenvalue weighted by Crippen LogP contribution is 2.52. The molecule has 3 aromatic rings. The van der Waals surface area contributed by atoms with E-state index in [1.165, 1.54) is 50.4 Å². The van der Waals surface area contributed by atoms with Crippen LogP contribution in [0.4, 0.5) is 14.5 Å². The Hall–Kier alpha value is -3.63. The van der Waals surface area contributed by atoms with Gasteiger partial charge in [-0.1, -0.05) is 17.8 Å². The molecule has 0 bridgehead atoms. The minimum absolute atomic E-state index is 0.0275. The van der Waals surface area contributed by atoms with Crippen molar-refractivity contribution >= 4 is 29.3 Å². The lowest BCUT2D eigenvalue weighted by molar-refractivity contribution is -0.151. The quantitative estimate of drug-likeness (QED) is 0.345. The number of carbonyl (C=O) groups is 2. The van der Waals surface area contributed by atoms with E-state index in [0.717, 1.165) is 11.8 Å². The number of fused-ring (bicyclic) bond motifs is 1. The predicted molar refractivity (Wildman–Crippen MR) is 141 cm³/mol. The van der Waals surface area contributed by atoms with Crippen molar-refractivity contribution in [3.8, 4) is 17.2 Å². The first-order valence-corrected chi connectivity index (χ1v) is 12.7. The molecule has 0 spiro atoms. The smallest absolute Gasteiger partial charge is 0.304 e. The number of esters is 1. The first kappa shape index (κ1) is 27.4. The van der Waals surface area contributed by atoms with Crippen molar-refractivity contribution in [3.05, 3.63) is 77.9 Å². The minimum atomic E-state index is -1.55. The molecule has 200 valence electrons. The standard InChI is InChI=1S/C28H28F2N2O5S/c1-18(33)37-28(19-5-12-25(35-4)23(30)15-19)17-27(34)32(14-13-31(2)3)24-11-10-22(16-26(24)38-28)36-21-8-6-20(29)7-9-21/h5-12,15-16H,13-14,17H2,1-4H3. The zero-order chi connectivity index (χ0) is 27.4. The van der Waals surface area contributed by atoms with E-state index in [-0.39, 0.29) is 23.9 Å². The first-order valence-electron chi connectivity index (χ1n) is 11.9. The van der Waals surface area contributed by atoms with Gasteiger partial charge in [0.2, 0.25) is 5.91 Å². The molecule has 1 atom stereocenters. The maximum atomic E-state index is 14.8. The van der Waals surface area contributed by atoms with Gasteiger partial charge in [-0.15, -0.1) is 0 Å². The van der Waals surface area contributed by atoms with Crippen LogP contribution in [0.3, 0.4) is 0 Å². The molecule has 0 fully saturated rings. The topological polar surface area (TPSA) is 68.3 Å². The number of thioether (sulfide) groups is 1. The van der Waals surface area contributed by atoms with Gasteiger partial charge in [-0.05, 0) is 68.7 Å². The zero-order valence-electron chi connectivity index (χ0n) is 21.5. The van der Waals surface area contributed by atoms with Crippen molar-refractivity contribution in [2.24, 2.45) is 0 Å². The molecule has 4 rings (SSSR count). The summed E-state index contributed by atoms with van der Waals surface area (Å²) in [6.07, 6.45) is -0.223. The van der Waals surface area contributed by atoms with Crippen LogP contribution >= 0.6 is 11.8 Å². The van der Waals surface area contributed by atoms with E-state index in [2.05, 4.69) is 0 Å². The fourth-order valence-corrected chi connectivity index (χ4v) is 5.51. The summed E-state index contributed by atoms with van der Waals surface area (Å²) in [6.45, 7) is 2.21. The summed E-state index contributed by atoms with van der Waals surface area (Å²) in [7, 11) is 5.16. The van der Waals surface area contributed by atoms with Gasteiger partial charge < -0.3 is 24.0 Å². The van der Waals surface area contributed by atoms with Gasteiger partial charge in [-0.3, -0.25) is 9.59 Å². The molecular weight excluding hydrogens is 514 g/mol. The second-order valence-electron chi connectivity index (χ2n) is 9.01. The Balaban J connectivity index is 1.83. The molecule has 38 heavy (non-hydrogen) atoms. The molecule has 1 aliphatic rings. The summed E-state index contributed by atoms with van der Waals surface area (Å²) in [6, 6.07) is 15.0. The molecule has 3 aromatic carbocycles. The van der Waals surface area contributed by atoms with Gasteiger partial charge in [0.25, 0.3) is 0 Å². The van der Waals surface area contributed by atoms with E-state index in [4.69, 9.17) is 14.2 Å². The molecule has 1 unspecified atom stereocenters. The van der Waals surface area contributed by atoms with Crippen LogP contribution in [-0.4, -0.2) is 51.1 Å². The van der Waals surface area contributed by atoms with Crippen molar-refractivity contribution in [1.29, 1.82) is 0 Å². The molecule has 1 amide bonds. The molecule has 0 saturated carbocycles. The third-order valence-electron chi connectivity index (χ3n) is 5.90. The number of likely N-dealkylation sites (N-methyl/N-ethyl adjacent to an activating group) is 1. The number of nitrogens with zero attached hydrogens (tertiary/aromatic N) is 2. The van der Waals surface area contributed by atoms with E-state index in [1.807, 2.05) is 19.0 Å². The Kier molecular flexibility index (Phi) is 8.23. The van der Waals surface area contributed by atoms with Gasteiger partial charge in [0.15, 0.2) is 16.5 Å². The maximum absolute atomic E-state index is 14.8. The Bertz CT molecular complexity index is 1340. The first-order chi connectivity index (χ1) is 18.1. The lowest BCUT2D eigenvalue weighted by Crippen LogP contribution is -2.39. The van der Waals surface area contributed by atoms with E-state index in [0.29, 0.717) is 40.7 Å². The minimum Gasteiger partial charge on any atom is -0.494 e. The van der Waals surface area contributed by atoms with Crippen LogP contribution in [-0.2, 0) is 19.3 Å². The van der Waals surface area contributed by atoms with Crippen LogP contribution in [0, 0.1) is 11.6 Å². The number of halogens is 2. The Labute approximate surface area is 224 Å². The van der Waals surface area contributed by atoms with Crippen LogP contribution in [0.5, 0.6) is 17.2 Å². The SMILES string of the molecule is COc1ccc(C2(OC(C)=O)CC(=O)N(CCN(C)C)c3ccc(Oc4ccc(F)cc4)cc3S2)cc1F. The Morgan fingerprint density at radius 2 is 1.76 bits per heavy atom. The molecule has 0 radical (unpaired) electrons. The van der Waals surface area contributed by atoms with Crippen LogP contribution < -0.4 is 14.4 Å². The number of ether oxygens (including phenoxy) is 3. The number of benzene rings is 3. The number of methoxy groups -OCH3 is 1. The molecule has 0 N–H and O–H groups in total. The van der Waals surface area contributed by atoms with Crippen LogP contribution in [0.2, 0.25) is 0 Å². The van der Waals surface area contributed by atoms with E-state index in [9.17, 15) is 18.4 Å².